The average Bonchev–Trinajstić information content (AvgIpc) is 1.96. The van der Waals surface area contributed by atoms with Gasteiger partial charge >= 0.3 is 11.0 Å². The number of hydrogen-bond acceptors (Lipinski definition) is 2. The van der Waals surface area contributed by atoms with Crippen molar-refractivity contribution in [2.75, 3.05) is 38.7 Å². The quantitative estimate of drug-likeness (QED) is 0.543. The van der Waals surface area contributed by atoms with E-state index in [2.05, 4.69) is 0 Å². The van der Waals surface area contributed by atoms with Crippen molar-refractivity contribution in [3.63, 3.8) is 0 Å². The molecule has 0 aromatic rings. The van der Waals surface area contributed by atoms with Crippen molar-refractivity contribution >= 4 is 23.5 Å². The molecule has 0 unspecified atom stereocenters. The summed E-state index contributed by atoms with van der Waals surface area (Å²) in [6.07, 6.45) is 0. The van der Waals surface area contributed by atoms with Crippen molar-refractivity contribution in [2.24, 2.45) is 0 Å². The van der Waals surface area contributed by atoms with Crippen LogP contribution < -0.4 is 0 Å². The second kappa shape index (κ2) is 6.42. The lowest BCUT2D eigenvalue weighted by atomic mass is 10.5. The van der Waals surface area contributed by atoms with Gasteiger partial charge in [-0.3, -0.25) is 0 Å². The van der Waals surface area contributed by atoms with Crippen molar-refractivity contribution in [1.29, 1.82) is 0 Å². The maximum Gasteiger partial charge on any atom is 0.442 e. The normalized spacial score (nSPS) is 14.1. The lowest BCUT2D eigenvalue weighted by molar-refractivity contribution is -0.885. The van der Waals surface area contributed by atoms with Crippen LogP contribution in [0.3, 0.4) is 0 Å². The number of thioether (sulfide) groups is 2. The van der Waals surface area contributed by atoms with E-state index in [1.165, 1.54) is 0 Å². The summed E-state index contributed by atoms with van der Waals surface area (Å²) in [5, 5.41) is 0. The third-order valence-electron chi connectivity index (χ3n) is 1.92. The van der Waals surface area contributed by atoms with E-state index in [9.17, 15) is 26.3 Å². The van der Waals surface area contributed by atoms with Gasteiger partial charge in [0.05, 0.1) is 38.7 Å². The fraction of sp³-hybridized carbons (Fsp3) is 1.00. The van der Waals surface area contributed by atoms with E-state index in [4.69, 9.17) is 0 Å². The Morgan fingerprint density at radius 3 is 1.29 bits per heavy atom. The van der Waals surface area contributed by atoms with E-state index < -0.39 is 11.0 Å². The highest BCUT2D eigenvalue weighted by Crippen LogP contribution is 2.31. The predicted octanol–water partition coefficient (Wildman–Crippen LogP) is 3.57. The molecule has 0 N–H and O–H groups in total. The fourth-order valence-electron chi connectivity index (χ4n) is 0.929. The van der Waals surface area contributed by atoms with E-state index in [0.29, 0.717) is 0 Å². The number of nitrogens with zero attached hydrogens (tertiary/aromatic N) is 1. The van der Waals surface area contributed by atoms with Gasteiger partial charge < -0.3 is 4.48 Å². The number of rotatable bonds is 6. The van der Waals surface area contributed by atoms with Crippen LogP contribution in [0.4, 0.5) is 26.3 Å². The van der Waals surface area contributed by atoms with Crippen LogP contribution in [-0.4, -0.2) is 54.2 Å². The highest BCUT2D eigenvalue weighted by Gasteiger charge is 2.31. The van der Waals surface area contributed by atoms with Crippen molar-refractivity contribution in [1.82, 2.24) is 0 Å². The molecule has 0 aromatic heterocycles. The molecule has 104 valence electrons. The summed E-state index contributed by atoms with van der Waals surface area (Å²) in [6.45, 7) is 0.366. The van der Waals surface area contributed by atoms with Crippen LogP contribution in [0.2, 0.25) is 0 Å². The van der Waals surface area contributed by atoms with Gasteiger partial charge in [0.1, 0.15) is 0 Å². The fourth-order valence-corrected chi connectivity index (χ4v) is 2.56. The molecule has 0 spiro atoms. The second-order valence-electron chi connectivity index (χ2n) is 3.97. The molecule has 0 fully saturated rings. The summed E-state index contributed by atoms with van der Waals surface area (Å²) in [6, 6.07) is 0. The Labute approximate surface area is 105 Å². The van der Waals surface area contributed by atoms with Crippen LogP contribution in [0.15, 0.2) is 0 Å². The molecule has 0 saturated carbocycles. The van der Waals surface area contributed by atoms with Gasteiger partial charge in [0, 0.05) is 0 Å². The maximum absolute atomic E-state index is 11.8. The molecule has 0 rings (SSSR count). The third kappa shape index (κ3) is 12.5. The van der Waals surface area contributed by atoms with Crippen molar-refractivity contribution in [2.45, 2.75) is 11.0 Å². The Hall–Kier alpha value is 0.240. The van der Waals surface area contributed by atoms with E-state index in [-0.39, 0.29) is 52.6 Å². The molecule has 17 heavy (non-hydrogen) atoms. The number of halogens is 6. The van der Waals surface area contributed by atoms with Crippen LogP contribution in [0.5, 0.6) is 0 Å². The Kier molecular flexibility index (Phi) is 6.51. The molecule has 1 nitrogen and oxygen atoms in total. The molecule has 9 heteroatoms. The molecule has 0 atom stereocenters. The number of hydrogen-bond donors (Lipinski definition) is 0. The number of quaternary nitrogens is 1. The topological polar surface area (TPSA) is 0 Å². The lowest BCUT2D eigenvalue weighted by Gasteiger charge is -2.29. The second-order valence-corrected chi connectivity index (χ2v) is 6.29. The minimum atomic E-state index is -4.28. The minimum Gasteiger partial charge on any atom is -0.327 e. The van der Waals surface area contributed by atoms with Gasteiger partial charge in [0.25, 0.3) is 0 Å². The summed E-state index contributed by atoms with van der Waals surface area (Å²) in [4.78, 5) is 0. The van der Waals surface area contributed by atoms with Crippen molar-refractivity contribution in [3.05, 3.63) is 0 Å². The van der Waals surface area contributed by atoms with Crippen molar-refractivity contribution in [3.8, 4) is 0 Å². The molecule has 0 aliphatic carbocycles. The first-order valence-electron chi connectivity index (χ1n) is 4.65. The first kappa shape index (κ1) is 17.2. The monoisotopic (exact) mass is 302 g/mol. The Morgan fingerprint density at radius 2 is 1.06 bits per heavy atom. The van der Waals surface area contributed by atoms with Crippen molar-refractivity contribution < 1.29 is 30.8 Å². The molecular formula is C8H14F6NS2+. The Morgan fingerprint density at radius 1 is 0.765 bits per heavy atom. The molecule has 0 amide bonds. The molecule has 0 radical (unpaired) electrons. The summed E-state index contributed by atoms with van der Waals surface area (Å²) in [7, 11) is 3.24. The minimum absolute atomic E-state index is 0.145. The lowest BCUT2D eigenvalue weighted by Crippen LogP contribution is -2.43. The zero-order valence-electron chi connectivity index (χ0n) is 9.36. The van der Waals surface area contributed by atoms with E-state index in [0.717, 1.165) is 0 Å². The summed E-state index contributed by atoms with van der Waals surface area (Å²) < 4.78 is 71.2. The van der Waals surface area contributed by atoms with Crippen LogP contribution in [0, 0.1) is 0 Å². The average molecular weight is 302 g/mol. The van der Waals surface area contributed by atoms with E-state index >= 15 is 0 Å². The summed E-state index contributed by atoms with van der Waals surface area (Å²) in [5.74, 6) is -0.291. The van der Waals surface area contributed by atoms with Gasteiger partial charge in [0.2, 0.25) is 0 Å². The highest BCUT2D eigenvalue weighted by molar-refractivity contribution is 8.00. The summed E-state index contributed by atoms with van der Waals surface area (Å²) in [5.41, 5.74) is -8.55. The Balaban J connectivity index is 3.81. The molecule has 0 saturated heterocycles. The maximum atomic E-state index is 11.8. The van der Waals surface area contributed by atoms with E-state index in [1.807, 2.05) is 0 Å². The van der Waals surface area contributed by atoms with Crippen LogP contribution >= 0.6 is 23.5 Å². The van der Waals surface area contributed by atoms with Gasteiger partial charge in [-0.05, 0) is 23.5 Å². The third-order valence-corrected chi connectivity index (χ3v) is 3.35. The highest BCUT2D eigenvalue weighted by atomic mass is 32.2. The van der Waals surface area contributed by atoms with Gasteiger partial charge in [0.15, 0.2) is 0 Å². The molecule has 0 heterocycles. The first-order chi connectivity index (χ1) is 7.41. The van der Waals surface area contributed by atoms with Crippen LogP contribution in [-0.2, 0) is 0 Å². The predicted molar refractivity (Wildman–Crippen MR) is 58.9 cm³/mol. The van der Waals surface area contributed by atoms with Gasteiger partial charge in [-0.1, -0.05) is 0 Å². The van der Waals surface area contributed by atoms with Crippen LogP contribution in [0.1, 0.15) is 0 Å². The molecular weight excluding hydrogens is 288 g/mol. The number of alkyl halides is 6. The first-order valence-corrected chi connectivity index (χ1v) is 6.62. The van der Waals surface area contributed by atoms with E-state index in [1.54, 1.807) is 14.1 Å². The molecule has 0 aliphatic heterocycles. The Bertz CT molecular complexity index is 203. The summed E-state index contributed by atoms with van der Waals surface area (Å²) >= 11 is -0.290. The SMILES string of the molecule is C[N+](C)(CCSC(F)(F)F)CCSC(F)(F)F. The largest absolute Gasteiger partial charge is 0.442 e. The van der Waals surface area contributed by atoms with Gasteiger partial charge in [-0.25, -0.2) is 0 Å². The van der Waals surface area contributed by atoms with Crippen LogP contribution in [0.25, 0.3) is 0 Å². The van der Waals surface area contributed by atoms with Gasteiger partial charge in [-0.2, -0.15) is 26.3 Å². The standard InChI is InChI=1S/C8H14F6NS2/c1-15(2,3-5-16-7(9,10)11)4-6-17-8(12,13)14/h3-6H2,1-2H3/q+1. The van der Waals surface area contributed by atoms with Gasteiger partial charge in [-0.15, -0.1) is 0 Å². The molecule has 0 aliphatic rings. The molecule has 0 aromatic carbocycles. The smallest absolute Gasteiger partial charge is 0.327 e. The zero-order valence-corrected chi connectivity index (χ0v) is 11.0. The molecule has 0 bridgehead atoms. The zero-order chi connectivity index (χ0) is 13.7.